The van der Waals surface area contributed by atoms with Gasteiger partial charge in [0.25, 0.3) is 5.56 Å². The molecule has 0 radical (unpaired) electrons. The second-order valence-corrected chi connectivity index (χ2v) is 30.1. The number of fused-ring (bicyclic) bond motifs is 4. The third-order valence-electron chi connectivity index (χ3n) is 19.4. The number of nitrogens with zero attached hydrogens (tertiary/aromatic N) is 14. The van der Waals surface area contributed by atoms with Crippen LogP contribution in [0.1, 0.15) is 108 Å². The number of carbonyl (C=O) groups excluding carboxylic acids is 3. The number of carbonyl (C=O) groups is 3. The zero-order chi connectivity index (χ0) is 95.0. The summed E-state index contributed by atoms with van der Waals surface area (Å²) in [5, 5.41) is 17.9. The number of halogens is 3. The molecule has 6 aromatic carbocycles. The number of hydrogen-bond donors (Lipinski definition) is 3. The van der Waals surface area contributed by atoms with Crippen LogP contribution in [0.2, 0.25) is 0 Å². The van der Waals surface area contributed by atoms with Crippen molar-refractivity contribution in [2.45, 2.75) is 93.5 Å². The fourth-order valence-corrected chi connectivity index (χ4v) is 13.5. The maximum Gasteiger partial charge on any atom is 0.534 e. The minimum Gasteiger partial charge on any atom is -0.506 e. The largest absolute Gasteiger partial charge is 0.534 e. The molecule has 0 saturated heterocycles. The molecular weight excluding hydrogens is 1760 g/mol. The predicted octanol–water partition coefficient (Wildman–Crippen LogP) is 13.0. The number of benzene rings is 6. The number of alkyl halides is 3. The molecule has 40 heteroatoms. The molecule has 0 unspecified atom stereocenters. The van der Waals surface area contributed by atoms with E-state index in [1.807, 2.05) is 177 Å². The van der Waals surface area contributed by atoms with E-state index in [4.69, 9.17) is 43.0 Å². The van der Waals surface area contributed by atoms with Crippen LogP contribution in [0, 0.1) is 27.7 Å². The van der Waals surface area contributed by atoms with Crippen molar-refractivity contribution in [3.05, 3.63) is 364 Å². The number of pyridine rings is 6. The molecule has 134 heavy (non-hydrogen) atoms. The molecule has 36 nitrogen and oxygen atoms in total. The number of hydrogen-bond acceptors (Lipinski definition) is 32. The minimum atomic E-state index is -6.27. The maximum atomic E-state index is 13.7. The number of para-hydroxylation sites is 2. The molecule has 686 valence electrons. The summed E-state index contributed by atoms with van der Waals surface area (Å²) in [6.45, 7) is 12.0. The third kappa shape index (κ3) is 22.8. The molecule has 0 atom stereocenters. The van der Waals surface area contributed by atoms with Gasteiger partial charge in [-0.1, -0.05) is 170 Å². The lowest BCUT2D eigenvalue weighted by atomic mass is 10.1. The highest BCUT2D eigenvalue weighted by molar-refractivity contribution is 7.88. The van der Waals surface area contributed by atoms with E-state index in [2.05, 4.69) is 64.7 Å². The van der Waals surface area contributed by atoms with E-state index in [0.29, 0.717) is 62.5 Å². The van der Waals surface area contributed by atoms with Gasteiger partial charge in [-0.2, -0.15) is 21.6 Å². The summed E-state index contributed by atoms with van der Waals surface area (Å²) in [6.07, 6.45) is 8.40. The Morgan fingerprint density at radius 2 is 0.724 bits per heavy atom. The van der Waals surface area contributed by atoms with Gasteiger partial charge in [-0.25, -0.2) is 64.2 Å². The number of aromatic hydroxyl groups is 1. The lowest BCUT2D eigenvalue weighted by molar-refractivity contribution is -0.0500. The normalized spacial score (nSPS) is 11.0. The summed E-state index contributed by atoms with van der Waals surface area (Å²) in [7, 11) is -6.27. The van der Waals surface area contributed by atoms with Gasteiger partial charge in [0.15, 0.2) is 45.0 Å². The van der Waals surface area contributed by atoms with E-state index in [9.17, 15) is 60.3 Å². The van der Waals surface area contributed by atoms with Gasteiger partial charge in [0.2, 0.25) is 11.8 Å². The summed E-state index contributed by atoms with van der Waals surface area (Å²) in [6, 6.07) is 64.4. The van der Waals surface area contributed by atoms with Crippen molar-refractivity contribution in [1.29, 1.82) is 0 Å². The van der Waals surface area contributed by atoms with Gasteiger partial charge >= 0.3 is 50.2 Å². The van der Waals surface area contributed by atoms with Crippen LogP contribution in [-0.4, -0.2) is 126 Å². The number of aryl methyl sites for hydroxylation is 4. The highest BCUT2D eigenvalue weighted by Gasteiger charge is 2.50. The molecule has 0 bridgehead atoms. The first-order valence-corrected chi connectivity index (χ1v) is 42.5. The van der Waals surface area contributed by atoms with Crippen molar-refractivity contribution in [3.8, 4) is 34.8 Å². The Morgan fingerprint density at radius 3 is 1.13 bits per heavy atom. The molecule has 0 aliphatic carbocycles. The van der Waals surface area contributed by atoms with Gasteiger partial charge in [-0.15, -0.1) is 18.9 Å². The SMILES string of the molecule is CCOC(=O)c1c(NCc2ccc(Oc3ccccc3)nc2)c2c(C)ncnc2n(OCc2ccccc2)c1=O.CCOC(=O)c1c(O)c2c(C)ncnc2n(OCc2ccccc2)c1=O.CCOC(=O)c1c(OS(=O)(=O)C(F)(F)F)c2c(C)ncnc2n(OCc2ccccc2)c1=O.Cc1ncnc2c1c(NCc1ccc(Oc3ccccc3)nc1)cc(=O)n2OCc1ccccc1. The van der Waals surface area contributed by atoms with Gasteiger partial charge in [0.05, 0.1) is 75.5 Å². The van der Waals surface area contributed by atoms with Crippen molar-refractivity contribution in [1.82, 2.24) is 68.8 Å². The monoisotopic (exact) mass is 1840 g/mol. The molecule has 0 amide bonds. The first-order valence-electron chi connectivity index (χ1n) is 41.1. The van der Waals surface area contributed by atoms with Crippen LogP contribution < -0.4 is 65.9 Å². The van der Waals surface area contributed by atoms with Crippen molar-refractivity contribution < 1.29 is 88.3 Å². The smallest absolute Gasteiger partial charge is 0.506 e. The van der Waals surface area contributed by atoms with Crippen molar-refractivity contribution in [2.75, 3.05) is 30.5 Å². The number of nitrogens with one attached hydrogen (secondary N) is 2. The maximum absolute atomic E-state index is 13.7. The second kappa shape index (κ2) is 43.8. The Hall–Kier alpha value is -17.1. The van der Waals surface area contributed by atoms with E-state index in [0.717, 1.165) is 60.4 Å². The summed E-state index contributed by atoms with van der Waals surface area (Å²) in [5.41, 5.74) is -3.10. The Balaban J connectivity index is 0.000000153. The first kappa shape index (κ1) is 94.5. The average Bonchev–Trinajstić information content (AvgIpc) is 0.920. The lowest BCUT2D eigenvalue weighted by Gasteiger charge is -2.18. The standard InChI is InChI=1S/C30H27N5O5.C27H23N5O3.C19H16F3N3O7S.C18H17N3O5/c1-3-38-30(37)26-27(32-17-22-14-15-24(31-16-22)40-23-12-8-5-9-13-23)25-20(2)33-19-34-28(25)35(29(26)36)39-18-21-10-6-4-7-11-21;1-19-26-23(28-15-21-12-13-24(29-16-21)35-22-10-6-3-7-11-22)14-25(33)32(27(26)31-18-30-19)34-17-20-8-4-2-5-9-20;1-3-30-18(27)14-15(32-33(28,29)19(20,21)22)13-11(2)23-10-24-16(13)25(17(14)26)31-9-12-7-5-4-6-8-12;1-3-25-18(24)14-15(22)13-11(2)19-10-20-16(13)21(17(14)23)26-9-12-7-5-4-6-8-12/h4-16,19,32H,3,17-18H2,1-2H3;2-14,16,18,28H,15,17H2,1H3;4-8,10H,3,9H2,1-2H3;4-8,10,22H,3,9H2,1-2H3. The van der Waals surface area contributed by atoms with E-state index in [-0.39, 0.29) is 92.0 Å². The number of anilines is 2. The molecular formula is C94H83F3N16O20S. The summed E-state index contributed by atoms with van der Waals surface area (Å²) >= 11 is 0. The van der Waals surface area contributed by atoms with Crippen LogP contribution in [0.4, 0.5) is 24.5 Å². The summed E-state index contributed by atoms with van der Waals surface area (Å²) in [5.74, 6) is -2.50. The van der Waals surface area contributed by atoms with Gasteiger partial charge in [-0.05, 0) is 106 Å². The van der Waals surface area contributed by atoms with Gasteiger partial charge in [-0.3, -0.25) is 19.2 Å². The Labute approximate surface area is 759 Å². The molecule has 16 aromatic rings. The zero-order valence-electron chi connectivity index (χ0n) is 72.5. The van der Waals surface area contributed by atoms with Crippen molar-refractivity contribution in [3.63, 3.8) is 0 Å². The fraction of sp³-hybridized carbons (Fsp3) is 0.181. The second-order valence-electron chi connectivity index (χ2n) is 28.5. The third-order valence-corrected chi connectivity index (χ3v) is 20.4. The Morgan fingerprint density at radius 1 is 0.388 bits per heavy atom. The molecule has 16 rings (SSSR count). The van der Waals surface area contributed by atoms with Crippen LogP contribution in [0.3, 0.4) is 0 Å². The number of ether oxygens (including phenoxy) is 5. The molecule has 0 spiro atoms. The van der Waals surface area contributed by atoms with Crippen LogP contribution in [-0.2, 0) is 63.8 Å². The Kier molecular flexibility index (Phi) is 30.9. The molecule has 10 heterocycles. The van der Waals surface area contributed by atoms with E-state index in [1.54, 1.807) is 76.5 Å². The van der Waals surface area contributed by atoms with E-state index < -0.39 is 83.9 Å². The van der Waals surface area contributed by atoms with Gasteiger partial charge in [0.1, 0.15) is 69.0 Å². The number of esters is 3. The van der Waals surface area contributed by atoms with E-state index >= 15 is 0 Å². The molecule has 0 aliphatic rings. The number of rotatable bonds is 30. The average molecular weight is 1850 g/mol. The van der Waals surface area contributed by atoms with Crippen LogP contribution in [0.25, 0.3) is 44.1 Å². The fourth-order valence-electron chi connectivity index (χ4n) is 13.1. The topological polar surface area (TPSA) is 439 Å². The van der Waals surface area contributed by atoms with Crippen LogP contribution >= 0.6 is 0 Å². The van der Waals surface area contributed by atoms with Crippen molar-refractivity contribution in [2.24, 2.45) is 0 Å². The highest BCUT2D eigenvalue weighted by atomic mass is 32.2. The lowest BCUT2D eigenvalue weighted by Crippen LogP contribution is -2.35. The minimum absolute atomic E-state index is 0.0604. The van der Waals surface area contributed by atoms with Gasteiger partial charge < -0.3 is 63.0 Å². The van der Waals surface area contributed by atoms with Crippen LogP contribution in [0.15, 0.2) is 269 Å². The zero-order valence-corrected chi connectivity index (χ0v) is 73.4. The molecule has 0 saturated carbocycles. The summed E-state index contributed by atoms with van der Waals surface area (Å²) < 4.78 is 96.9. The van der Waals surface area contributed by atoms with E-state index in [1.165, 1.54) is 43.6 Å². The molecule has 0 fully saturated rings. The number of aromatic nitrogens is 14. The first-order chi connectivity index (χ1) is 64.7. The molecule has 10 aromatic heterocycles. The quantitative estimate of drug-likeness (QED) is 0.0163. The Bertz CT molecular complexity index is 7260. The van der Waals surface area contributed by atoms with Gasteiger partial charge in [0, 0.05) is 43.7 Å². The molecule has 0 aliphatic heterocycles. The predicted molar refractivity (Wildman–Crippen MR) is 482 cm³/mol. The van der Waals surface area contributed by atoms with Crippen LogP contribution in [0.5, 0.6) is 34.8 Å². The summed E-state index contributed by atoms with van der Waals surface area (Å²) in [4.78, 5) is 155. The highest BCUT2D eigenvalue weighted by Crippen LogP contribution is 2.36. The van der Waals surface area contributed by atoms with Crippen molar-refractivity contribution >= 4 is 83.5 Å². The molecule has 3 N–H and O–H groups in total.